The first-order valence-electron chi connectivity index (χ1n) is 6.94. The monoisotopic (exact) mass is 312 g/mol. The van der Waals surface area contributed by atoms with Gasteiger partial charge in [-0.05, 0) is 65.7 Å². The predicted molar refractivity (Wildman–Crippen MR) is 81.8 cm³/mol. The van der Waals surface area contributed by atoms with Crippen LogP contribution in [-0.4, -0.2) is 17.6 Å². The van der Waals surface area contributed by atoms with E-state index in [0.29, 0.717) is 6.04 Å². The van der Waals surface area contributed by atoms with Crippen molar-refractivity contribution in [2.45, 2.75) is 52.5 Å². The van der Waals surface area contributed by atoms with Crippen LogP contribution in [0.15, 0.2) is 22.9 Å². The second kappa shape index (κ2) is 8.65. The molecule has 18 heavy (non-hydrogen) atoms. The van der Waals surface area contributed by atoms with Gasteiger partial charge in [-0.25, -0.2) is 0 Å². The van der Waals surface area contributed by atoms with Crippen LogP contribution in [0.1, 0.15) is 45.6 Å². The molecular formula is C15H25BrN2. The van der Waals surface area contributed by atoms with Gasteiger partial charge in [0.25, 0.3) is 0 Å². The minimum atomic E-state index is 0.573. The minimum absolute atomic E-state index is 0.573. The molecule has 0 saturated carbocycles. The van der Waals surface area contributed by atoms with Crippen LogP contribution in [0.25, 0.3) is 0 Å². The van der Waals surface area contributed by atoms with Gasteiger partial charge in [0.2, 0.25) is 0 Å². The first kappa shape index (κ1) is 15.6. The van der Waals surface area contributed by atoms with Gasteiger partial charge in [-0.15, -0.1) is 0 Å². The quantitative estimate of drug-likeness (QED) is 0.778. The second-order valence-electron chi connectivity index (χ2n) is 5.34. The number of hydrogen-bond acceptors (Lipinski definition) is 2. The van der Waals surface area contributed by atoms with Gasteiger partial charge in [0.15, 0.2) is 0 Å². The summed E-state index contributed by atoms with van der Waals surface area (Å²) in [5.41, 5.74) is 1.31. The van der Waals surface area contributed by atoms with Crippen LogP contribution in [0.3, 0.4) is 0 Å². The lowest BCUT2D eigenvalue weighted by Crippen LogP contribution is -2.32. The summed E-state index contributed by atoms with van der Waals surface area (Å²) in [6.07, 6.45) is 8.59. The standard InChI is InChI=1S/C15H25BrN2/c1-4-7-18-15(6-5-12(2)3)9-13-8-14(16)11-17-10-13/h8,10-12,15,18H,4-7,9H2,1-3H3. The highest BCUT2D eigenvalue weighted by Crippen LogP contribution is 2.14. The summed E-state index contributed by atoms with van der Waals surface area (Å²) in [6, 6.07) is 2.74. The van der Waals surface area contributed by atoms with Crippen LogP contribution < -0.4 is 5.32 Å². The fourth-order valence-corrected chi connectivity index (χ4v) is 2.42. The Morgan fingerprint density at radius 2 is 2.06 bits per heavy atom. The lowest BCUT2D eigenvalue weighted by molar-refractivity contribution is 0.427. The molecule has 1 unspecified atom stereocenters. The van der Waals surface area contributed by atoms with Crippen molar-refractivity contribution in [3.63, 3.8) is 0 Å². The van der Waals surface area contributed by atoms with E-state index < -0.39 is 0 Å². The molecule has 0 saturated heterocycles. The van der Waals surface area contributed by atoms with Crippen molar-refractivity contribution in [3.05, 3.63) is 28.5 Å². The van der Waals surface area contributed by atoms with Gasteiger partial charge in [0.05, 0.1) is 0 Å². The second-order valence-corrected chi connectivity index (χ2v) is 6.25. The molecule has 0 aromatic carbocycles. The third-order valence-corrected chi connectivity index (χ3v) is 3.45. The van der Waals surface area contributed by atoms with Crippen molar-refractivity contribution in [2.24, 2.45) is 5.92 Å². The smallest absolute Gasteiger partial charge is 0.0410 e. The third-order valence-electron chi connectivity index (χ3n) is 3.02. The zero-order chi connectivity index (χ0) is 13.4. The summed E-state index contributed by atoms with van der Waals surface area (Å²) in [7, 11) is 0. The van der Waals surface area contributed by atoms with Gasteiger partial charge in [-0.1, -0.05) is 20.8 Å². The maximum absolute atomic E-state index is 4.24. The third kappa shape index (κ3) is 6.50. The molecule has 1 N–H and O–H groups in total. The van der Waals surface area contributed by atoms with Crippen molar-refractivity contribution in [3.8, 4) is 0 Å². The highest BCUT2D eigenvalue weighted by atomic mass is 79.9. The lowest BCUT2D eigenvalue weighted by Gasteiger charge is -2.19. The molecule has 1 aromatic heterocycles. The van der Waals surface area contributed by atoms with E-state index in [0.717, 1.165) is 23.4 Å². The van der Waals surface area contributed by atoms with Crippen molar-refractivity contribution < 1.29 is 0 Å². The van der Waals surface area contributed by atoms with E-state index in [1.165, 1.54) is 24.8 Å². The Labute approximate surface area is 120 Å². The van der Waals surface area contributed by atoms with E-state index in [9.17, 15) is 0 Å². The normalized spacial score (nSPS) is 12.9. The number of nitrogens with one attached hydrogen (secondary N) is 1. The zero-order valence-corrected chi connectivity index (χ0v) is 13.3. The molecule has 1 heterocycles. The SMILES string of the molecule is CCCNC(CCC(C)C)Cc1cncc(Br)c1. The van der Waals surface area contributed by atoms with Gasteiger partial charge in [0.1, 0.15) is 0 Å². The van der Waals surface area contributed by atoms with E-state index in [1.807, 2.05) is 12.4 Å². The highest BCUT2D eigenvalue weighted by molar-refractivity contribution is 9.10. The zero-order valence-electron chi connectivity index (χ0n) is 11.7. The molecule has 0 fully saturated rings. The van der Waals surface area contributed by atoms with Gasteiger partial charge in [-0.3, -0.25) is 4.98 Å². The van der Waals surface area contributed by atoms with Crippen molar-refractivity contribution >= 4 is 15.9 Å². The largest absolute Gasteiger partial charge is 0.314 e. The number of halogens is 1. The van der Waals surface area contributed by atoms with E-state index in [2.05, 4.69) is 53.1 Å². The summed E-state index contributed by atoms with van der Waals surface area (Å²) < 4.78 is 1.07. The number of aromatic nitrogens is 1. The number of rotatable bonds is 8. The van der Waals surface area contributed by atoms with Gasteiger partial charge in [0, 0.05) is 22.9 Å². The molecule has 0 aliphatic heterocycles. The fraction of sp³-hybridized carbons (Fsp3) is 0.667. The highest BCUT2D eigenvalue weighted by Gasteiger charge is 2.10. The van der Waals surface area contributed by atoms with Crippen LogP contribution in [-0.2, 0) is 6.42 Å². The Kier molecular flexibility index (Phi) is 7.52. The van der Waals surface area contributed by atoms with Crippen molar-refractivity contribution in [1.82, 2.24) is 10.3 Å². The molecule has 0 amide bonds. The molecule has 1 rings (SSSR count). The Balaban J connectivity index is 2.53. The molecule has 3 heteroatoms. The van der Waals surface area contributed by atoms with Crippen LogP contribution in [0.5, 0.6) is 0 Å². The molecule has 2 nitrogen and oxygen atoms in total. The van der Waals surface area contributed by atoms with Crippen molar-refractivity contribution in [2.75, 3.05) is 6.54 Å². The van der Waals surface area contributed by atoms with Gasteiger partial charge < -0.3 is 5.32 Å². The molecule has 0 radical (unpaired) electrons. The van der Waals surface area contributed by atoms with Crippen LogP contribution in [0.4, 0.5) is 0 Å². The molecule has 0 aliphatic carbocycles. The summed E-state index contributed by atoms with van der Waals surface area (Å²) in [6.45, 7) is 7.90. The van der Waals surface area contributed by atoms with Crippen LogP contribution >= 0.6 is 15.9 Å². The fourth-order valence-electron chi connectivity index (χ4n) is 2.01. The Bertz CT molecular complexity index is 339. The molecule has 1 aromatic rings. The molecule has 0 aliphatic rings. The average molecular weight is 313 g/mol. The van der Waals surface area contributed by atoms with Gasteiger partial charge in [-0.2, -0.15) is 0 Å². The van der Waals surface area contributed by atoms with E-state index in [-0.39, 0.29) is 0 Å². The summed E-state index contributed by atoms with van der Waals surface area (Å²) in [5.74, 6) is 0.775. The summed E-state index contributed by atoms with van der Waals surface area (Å²) in [5, 5.41) is 3.65. The van der Waals surface area contributed by atoms with E-state index >= 15 is 0 Å². The topological polar surface area (TPSA) is 24.9 Å². The maximum Gasteiger partial charge on any atom is 0.0410 e. The van der Waals surface area contributed by atoms with E-state index in [1.54, 1.807) is 0 Å². The molecular weight excluding hydrogens is 288 g/mol. The predicted octanol–water partition coefficient (Wildman–Crippen LogP) is 4.19. The Hall–Kier alpha value is -0.410. The minimum Gasteiger partial charge on any atom is -0.314 e. The van der Waals surface area contributed by atoms with Crippen LogP contribution in [0.2, 0.25) is 0 Å². The molecule has 0 bridgehead atoms. The summed E-state index contributed by atoms with van der Waals surface area (Å²) >= 11 is 3.48. The number of hydrogen-bond donors (Lipinski definition) is 1. The maximum atomic E-state index is 4.24. The molecule has 102 valence electrons. The van der Waals surface area contributed by atoms with Crippen LogP contribution in [0, 0.1) is 5.92 Å². The average Bonchev–Trinajstić information content (AvgIpc) is 2.32. The number of nitrogens with zero attached hydrogens (tertiary/aromatic N) is 1. The molecule has 0 spiro atoms. The lowest BCUT2D eigenvalue weighted by atomic mass is 9.98. The van der Waals surface area contributed by atoms with Gasteiger partial charge >= 0.3 is 0 Å². The number of pyridine rings is 1. The first-order valence-corrected chi connectivity index (χ1v) is 7.74. The Morgan fingerprint density at radius 1 is 1.28 bits per heavy atom. The first-order chi connectivity index (χ1) is 8.61. The Morgan fingerprint density at radius 3 is 2.67 bits per heavy atom. The van der Waals surface area contributed by atoms with E-state index in [4.69, 9.17) is 0 Å². The molecule has 1 atom stereocenters. The summed E-state index contributed by atoms with van der Waals surface area (Å²) in [4.78, 5) is 4.24. The van der Waals surface area contributed by atoms with Crippen molar-refractivity contribution in [1.29, 1.82) is 0 Å².